The molecule has 19 heavy (non-hydrogen) atoms. The molecule has 0 heterocycles. The van der Waals surface area contributed by atoms with Crippen molar-refractivity contribution in [2.75, 3.05) is 11.5 Å². The van der Waals surface area contributed by atoms with Gasteiger partial charge in [-0.05, 0) is 45.0 Å². The summed E-state index contributed by atoms with van der Waals surface area (Å²) < 4.78 is 5.14. The van der Waals surface area contributed by atoms with Crippen molar-refractivity contribution in [2.45, 2.75) is 26.4 Å². The lowest BCUT2D eigenvalue weighted by Crippen LogP contribution is -2.25. The second-order valence-corrected chi connectivity index (χ2v) is 6.03. The standard InChI is InChI=1S/C14H18O4S/c1-14(2,3)18-13(17)9-19-8-12(16)10-4-6-11(15)7-5-10/h4-7,15H,8-9H2,1-3H3. The number of phenolic OH excluding ortho intramolecular Hbond substituents is 1. The monoisotopic (exact) mass is 282 g/mol. The summed E-state index contributed by atoms with van der Waals surface area (Å²) in [6.07, 6.45) is 0. The van der Waals surface area contributed by atoms with Crippen molar-refractivity contribution in [1.82, 2.24) is 0 Å². The first kappa shape index (κ1) is 15.6. The first-order chi connectivity index (χ1) is 8.78. The van der Waals surface area contributed by atoms with Gasteiger partial charge in [-0.15, -0.1) is 11.8 Å². The van der Waals surface area contributed by atoms with E-state index in [4.69, 9.17) is 9.84 Å². The highest BCUT2D eigenvalue weighted by molar-refractivity contribution is 8.00. The summed E-state index contributed by atoms with van der Waals surface area (Å²) in [7, 11) is 0. The summed E-state index contributed by atoms with van der Waals surface area (Å²) in [5.41, 5.74) is 0.0213. The normalized spacial score (nSPS) is 11.1. The van der Waals surface area contributed by atoms with Crippen LogP contribution < -0.4 is 0 Å². The molecule has 0 aliphatic rings. The van der Waals surface area contributed by atoms with Crippen molar-refractivity contribution in [3.8, 4) is 5.75 Å². The zero-order valence-corrected chi connectivity index (χ0v) is 12.1. The number of rotatable bonds is 5. The van der Waals surface area contributed by atoms with Crippen molar-refractivity contribution < 1.29 is 19.4 Å². The van der Waals surface area contributed by atoms with Crippen LogP contribution in [0.25, 0.3) is 0 Å². The molecule has 0 spiro atoms. The molecule has 104 valence electrons. The number of carbonyl (C=O) groups excluding carboxylic acids is 2. The van der Waals surface area contributed by atoms with Crippen molar-refractivity contribution in [3.05, 3.63) is 29.8 Å². The molecular weight excluding hydrogens is 264 g/mol. The quantitative estimate of drug-likeness (QED) is 0.664. The number of Topliss-reactive ketones (excluding diaryl/α,β-unsaturated/α-hetero) is 1. The fraction of sp³-hybridized carbons (Fsp3) is 0.429. The van der Waals surface area contributed by atoms with Gasteiger partial charge >= 0.3 is 5.97 Å². The summed E-state index contributed by atoms with van der Waals surface area (Å²) in [5, 5.41) is 9.12. The fourth-order valence-electron chi connectivity index (χ4n) is 1.33. The molecule has 0 saturated heterocycles. The van der Waals surface area contributed by atoms with Crippen LogP contribution in [0.5, 0.6) is 5.75 Å². The number of ketones is 1. The van der Waals surface area contributed by atoms with Gasteiger partial charge in [-0.2, -0.15) is 0 Å². The number of benzene rings is 1. The molecule has 5 heteroatoms. The number of carbonyl (C=O) groups is 2. The van der Waals surface area contributed by atoms with E-state index in [1.54, 1.807) is 32.9 Å². The van der Waals surface area contributed by atoms with Crippen molar-refractivity contribution in [2.24, 2.45) is 0 Å². The molecular formula is C14H18O4S. The number of thioether (sulfide) groups is 1. The lowest BCUT2D eigenvalue weighted by atomic mass is 10.1. The molecule has 0 fully saturated rings. The van der Waals surface area contributed by atoms with Gasteiger partial charge < -0.3 is 9.84 Å². The maximum atomic E-state index is 11.8. The number of ether oxygens (including phenoxy) is 1. The van der Waals surface area contributed by atoms with Crippen LogP contribution >= 0.6 is 11.8 Å². The molecule has 0 atom stereocenters. The minimum atomic E-state index is -0.501. The number of aromatic hydroxyl groups is 1. The predicted molar refractivity (Wildman–Crippen MR) is 75.6 cm³/mol. The van der Waals surface area contributed by atoms with Crippen LogP contribution in [0, 0.1) is 0 Å². The average molecular weight is 282 g/mol. The predicted octanol–water partition coefficient (Wildman–Crippen LogP) is 2.65. The Labute approximate surface area is 117 Å². The molecule has 0 bridgehead atoms. The van der Waals surface area contributed by atoms with Crippen LogP contribution in [0.3, 0.4) is 0 Å². The topological polar surface area (TPSA) is 63.6 Å². The Morgan fingerprint density at radius 2 is 1.74 bits per heavy atom. The molecule has 4 nitrogen and oxygen atoms in total. The first-order valence-corrected chi connectivity index (χ1v) is 7.05. The van der Waals surface area contributed by atoms with Gasteiger partial charge in [-0.3, -0.25) is 9.59 Å². The molecule has 0 saturated carbocycles. The van der Waals surface area contributed by atoms with Crippen LogP contribution in [0.4, 0.5) is 0 Å². The minimum absolute atomic E-state index is 0.0754. The van der Waals surface area contributed by atoms with E-state index < -0.39 is 5.60 Å². The third-order valence-corrected chi connectivity index (χ3v) is 2.97. The maximum Gasteiger partial charge on any atom is 0.316 e. The highest BCUT2D eigenvalue weighted by Crippen LogP contribution is 2.14. The molecule has 0 aliphatic heterocycles. The largest absolute Gasteiger partial charge is 0.508 e. The fourth-order valence-corrected chi connectivity index (χ4v) is 2.01. The van der Waals surface area contributed by atoms with Gasteiger partial charge in [-0.1, -0.05) is 0 Å². The first-order valence-electron chi connectivity index (χ1n) is 5.90. The molecule has 1 N–H and O–H groups in total. The Bertz CT molecular complexity index is 446. The second-order valence-electron chi connectivity index (χ2n) is 5.05. The number of hydrogen-bond acceptors (Lipinski definition) is 5. The number of hydrogen-bond donors (Lipinski definition) is 1. The van der Waals surface area contributed by atoms with E-state index in [2.05, 4.69) is 0 Å². The zero-order valence-electron chi connectivity index (χ0n) is 11.3. The Morgan fingerprint density at radius 1 is 1.16 bits per heavy atom. The SMILES string of the molecule is CC(C)(C)OC(=O)CSCC(=O)c1ccc(O)cc1. The Morgan fingerprint density at radius 3 is 2.26 bits per heavy atom. The lowest BCUT2D eigenvalue weighted by molar-refractivity contribution is -0.151. The molecule has 0 aromatic heterocycles. The van der Waals surface area contributed by atoms with Gasteiger partial charge in [0.05, 0.1) is 11.5 Å². The smallest absolute Gasteiger partial charge is 0.316 e. The summed E-state index contributed by atoms with van der Waals surface area (Å²) in [4.78, 5) is 23.2. The molecule has 0 radical (unpaired) electrons. The van der Waals surface area contributed by atoms with E-state index >= 15 is 0 Å². The zero-order chi connectivity index (χ0) is 14.5. The van der Waals surface area contributed by atoms with E-state index in [1.807, 2.05) is 0 Å². The van der Waals surface area contributed by atoms with Crippen molar-refractivity contribution >= 4 is 23.5 Å². The molecule has 0 unspecified atom stereocenters. The minimum Gasteiger partial charge on any atom is -0.508 e. The summed E-state index contributed by atoms with van der Waals surface area (Å²) in [6, 6.07) is 6.05. The third kappa shape index (κ3) is 6.29. The van der Waals surface area contributed by atoms with Crippen LogP contribution in [-0.2, 0) is 9.53 Å². The lowest BCUT2D eigenvalue weighted by Gasteiger charge is -2.19. The van der Waals surface area contributed by atoms with Crippen molar-refractivity contribution in [3.63, 3.8) is 0 Å². The van der Waals surface area contributed by atoms with Crippen molar-refractivity contribution in [1.29, 1.82) is 0 Å². The third-order valence-electron chi connectivity index (χ3n) is 2.06. The van der Waals surface area contributed by atoms with Gasteiger partial charge in [0.1, 0.15) is 11.4 Å². The molecule has 1 rings (SSSR count). The van der Waals surface area contributed by atoms with Gasteiger partial charge in [-0.25, -0.2) is 0 Å². The summed E-state index contributed by atoms with van der Waals surface area (Å²) in [6.45, 7) is 5.41. The van der Waals surface area contributed by atoms with Gasteiger partial charge in [0.2, 0.25) is 0 Å². The summed E-state index contributed by atoms with van der Waals surface area (Å²) >= 11 is 1.22. The molecule has 1 aromatic carbocycles. The van der Waals surface area contributed by atoms with Crippen LogP contribution in [-0.4, -0.2) is 34.0 Å². The Hall–Kier alpha value is -1.49. The van der Waals surface area contributed by atoms with Gasteiger partial charge in [0.15, 0.2) is 5.78 Å². The van der Waals surface area contributed by atoms with E-state index in [0.29, 0.717) is 5.56 Å². The Balaban J connectivity index is 2.35. The molecule has 0 aliphatic carbocycles. The highest BCUT2D eigenvalue weighted by Gasteiger charge is 2.16. The second kappa shape index (κ2) is 6.61. The Kier molecular flexibility index (Phi) is 5.42. The number of esters is 1. The van der Waals surface area contributed by atoms with Crippen LogP contribution in [0.15, 0.2) is 24.3 Å². The molecule has 1 aromatic rings. The molecule has 0 amide bonds. The number of phenols is 1. The van der Waals surface area contributed by atoms with E-state index in [1.165, 1.54) is 23.9 Å². The summed E-state index contributed by atoms with van der Waals surface area (Å²) in [5.74, 6) is 0.0907. The van der Waals surface area contributed by atoms with E-state index in [9.17, 15) is 9.59 Å². The van der Waals surface area contributed by atoms with Crippen LogP contribution in [0.1, 0.15) is 31.1 Å². The van der Waals surface area contributed by atoms with Gasteiger partial charge in [0.25, 0.3) is 0 Å². The van der Waals surface area contributed by atoms with Crippen LogP contribution in [0.2, 0.25) is 0 Å². The average Bonchev–Trinajstić information content (AvgIpc) is 2.27. The van der Waals surface area contributed by atoms with E-state index in [-0.39, 0.29) is 29.0 Å². The highest BCUT2D eigenvalue weighted by atomic mass is 32.2. The van der Waals surface area contributed by atoms with E-state index in [0.717, 1.165) is 0 Å². The maximum absolute atomic E-state index is 11.8. The van der Waals surface area contributed by atoms with Gasteiger partial charge in [0, 0.05) is 5.56 Å².